The molecule has 1 amide bonds. The molecule has 0 bridgehead atoms. The minimum Gasteiger partial charge on any atom is -0.374 e. The van der Waals surface area contributed by atoms with E-state index in [-0.39, 0.29) is 11.9 Å². The highest BCUT2D eigenvalue weighted by molar-refractivity contribution is 7.89. The average Bonchev–Trinajstić information content (AvgIpc) is 2.74. The van der Waals surface area contributed by atoms with Gasteiger partial charge < -0.3 is 10.2 Å². The third kappa shape index (κ3) is 4.97. The van der Waals surface area contributed by atoms with E-state index in [4.69, 9.17) is 0 Å². The van der Waals surface area contributed by atoms with Crippen LogP contribution in [0.15, 0.2) is 59.5 Å². The van der Waals surface area contributed by atoms with Crippen LogP contribution in [-0.4, -0.2) is 55.8 Å². The van der Waals surface area contributed by atoms with Crippen molar-refractivity contribution in [3.63, 3.8) is 0 Å². The van der Waals surface area contributed by atoms with Gasteiger partial charge in [0.1, 0.15) is 6.04 Å². The van der Waals surface area contributed by atoms with E-state index in [0.717, 1.165) is 5.69 Å². The summed E-state index contributed by atoms with van der Waals surface area (Å²) in [6, 6.07) is 16.2. The Labute approximate surface area is 173 Å². The van der Waals surface area contributed by atoms with Gasteiger partial charge >= 0.3 is 0 Å². The minimum absolute atomic E-state index is 0.0188. The molecule has 2 aromatic carbocycles. The smallest absolute Gasteiger partial charge is 0.244 e. The molecule has 3 rings (SSSR count). The molecule has 1 saturated heterocycles. The summed E-state index contributed by atoms with van der Waals surface area (Å²) in [5, 5.41) is 3.25. The molecular formula is C22H29N3O3S. The standard InChI is InChI=1S/C22H29N3O3S/c1-17(2)19-9-11-20(12-10-19)23-18(3)22(26)24-13-15-25(16-14-24)29(27,28)21-7-5-4-6-8-21/h4-12,17-18,23H,13-16H2,1-3H3/t18-/m1/s1. The number of rotatable bonds is 6. The lowest BCUT2D eigenvalue weighted by Crippen LogP contribution is -2.53. The molecule has 1 aliphatic heterocycles. The predicted molar refractivity (Wildman–Crippen MR) is 115 cm³/mol. The quantitative estimate of drug-likeness (QED) is 0.787. The number of benzene rings is 2. The second kappa shape index (κ2) is 8.97. The Balaban J connectivity index is 1.56. The van der Waals surface area contributed by atoms with Gasteiger partial charge in [0.2, 0.25) is 15.9 Å². The van der Waals surface area contributed by atoms with E-state index >= 15 is 0 Å². The van der Waals surface area contributed by atoms with Crippen LogP contribution in [0.4, 0.5) is 5.69 Å². The number of nitrogens with one attached hydrogen (secondary N) is 1. The number of piperazine rings is 1. The predicted octanol–water partition coefficient (Wildman–Crippen LogP) is 3.14. The van der Waals surface area contributed by atoms with Gasteiger partial charge in [0.15, 0.2) is 0 Å². The molecule has 0 saturated carbocycles. The Kier molecular flexibility index (Phi) is 6.59. The van der Waals surface area contributed by atoms with Crippen LogP contribution in [0, 0.1) is 0 Å². The number of hydrogen-bond donors (Lipinski definition) is 1. The lowest BCUT2D eigenvalue weighted by atomic mass is 10.0. The van der Waals surface area contributed by atoms with Crippen molar-refractivity contribution in [1.82, 2.24) is 9.21 Å². The Bertz CT molecular complexity index is 920. The highest BCUT2D eigenvalue weighted by atomic mass is 32.2. The zero-order valence-corrected chi connectivity index (χ0v) is 18.0. The van der Waals surface area contributed by atoms with Gasteiger partial charge in [-0.05, 0) is 42.7 Å². The van der Waals surface area contributed by atoms with Crippen LogP contribution in [0.2, 0.25) is 0 Å². The first-order valence-corrected chi connectivity index (χ1v) is 11.4. The largest absolute Gasteiger partial charge is 0.374 e. The van der Waals surface area contributed by atoms with E-state index in [9.17, 15) is 13.2 Å². The van der Waals surface area contributed by atoms with Gasteiger partial charge in [-0.25, -0.2) is 8.42 Å². The molecule has 1 fully saturated rings. The highest BCUT2D eigenvalue weighted by Gasteiger charge is 2.31. The van der Waals surface area contributed by atoms with Gasteiger partial charge in [-0.15, -0.1) is 0 Å². The Morgan fingerprint density at radius 3 is 2.03 bits per heavy atom. The van der Waals surface area contributed by atoms with Crippen LogP contribution < -0.4 is 5.32 Å². The van der Waals surface area contributed by atoms with E-state index in [1.165, 1.54) is 9.87 Å². The molecule has 0 spiro atoms. The van der Waals surface area contributed by atoms with Gasteiger partial charge in [-0.2, -0.15) is 4.31 Å². The number of hydrogen-bond acceptors (Lipinski definition) is 4. The summed E-state index contributed by atoms with van der Waals surface area (Å²) in [4.78, 5) is 14.8. The topological polar surface area (TPSA) is 69.7 Å². The summed E-state index contributed by atoms with van der Waals surface area (Å²) in [6.07, 6.45) is 0. The molecule has 6 nitrogen and oxygen atoms in total. The van der Waals surface area contributed by atoms with Crippen LogP contribution >= 0.6 is 0 Å². The molecule has 29 heavy (non-hydrogen) atoms. The maximum Gasteiger partial charge on any atom is 0.244 e. The SMILES string of the molecule is CC(C)c1ccc(N[C@H](C)C(=O)N2CCN(S(=O)(=O)c3ccccc3)CC2)cc1. The summed E-state index contributed by atoms with van der Waals surface area (Å²) >= 11 is 0. The molecule has 0 unspecified atom stereocenters. The number of carbonyl (C=O) groups excluding carboxylic acids is 1. The van der Waals surface area contributed by atoms with Crippen LogP contribution in [0.25, 0.3) is 0 Å². The van der Waals surface area contributed by atoms with E-state index in [1.54, 1.807) is 35.2 Å². The highest BCUT2D eigenvalue weighted by Crippen LogP contribution is 2.20. The molecule has 1 atom stereocenters. The number of amides is 1. The second-order valence-corrected chi connectivity index (χ2v) is 9.62. The summed E-state index contributed by atoms with van der Waals surface area (Å²) in [5.74, 6) is 0.446. The van der Waals surface area contributed by atoms with Crippen LogP contribution in [0.5, 0.6) is 0 Å². The molecule has 1 aliphatic rings. The van der Waals surface area contributed by atoms with E-state index in [2.05, 4.69) is 31.3 Å². The van der Waals surface area contributed by atoms with Crippen molar-refractivity contribution in [2.45, 2.75) is 37.6 Å². The van der Waals surface area contributed by atoms with Gasteiger partial charge in [-0.3, -0.25) is 4.79 Å². The van der Waals surface area contributed by atoms with E-state index in [1.807, 2.05) is 19.1 Å². The summed E-state index contributed by atoms with van der Waals surface area (Å²) in [7, 11) is -3.51. The molecule has 0 radical (unpaired) electrons. The molecule has 2 aromatic rings. The fourth-order valence-electron chi connectivity index (χ4n) is 3.44. The maximum absolute atomic E-state index is 12.8. The molecule has 0 aromatic heterocycles. The van der Waals surface area contributed by atoms with E-state index in [0.29, 0.717) is 37.0 Å². The van der Waals surface area contributed by atoms with Crippen LogP contribution in [0.3, 0.4) is 0 Å². The van der Waals surface area contributed by atoms with Crippen molar-refractivity contribution in [2.75, 3.05) is 31.5 Å². The van der Waals surface area contributed by atoms with Crippen molar-refractivity contribution in [1.29, 1.82) is 0 Å². The first-order chi connectivity index (χ1) is 13.8. The van der Waals surface area contributed by atoms with Gasteiger partial charge in [0.05, 0.1) is 4.90 Å². The molecule has 1 heterocycles. The monoisotopic (exact) mass is 415 g/mol. The summed E-state index contributed by atoms with van der Waals surface area (Å²) in [6.45, 7) is 7.52. The summed E-state index contributed by atoms with van der Waals surface area (Å²) in [5.41, 5.74) is 2.16. The van der Waals surface area contributed by atoms with Crippen molar-refractivity contribution >= 4 is 21.6 Å². The number of sulfonamides is 1. The molecule has 156 valence electrons. The van der Waals surface area contributed by atoms with Gasteiger partial charge in [0.25, 0.3) is 0 Å². The first kappa shape index (κ1) is 21.3. The van der Waals surface area contributed by atoms with Gasteiger partial charge in [-0.1, -0.05) is 44.2 Å². The Hall–Kier alpha value is -2.38. The zero-order chi connectivity index (χ0) is 21.0. The molecule has 1 N–H and O–H groups in total. The third-order valence-electron chi connectivity index (χ3n) is 5.26. The maximum atomic E-state index is 12.8. The average molecular weight is 416 g/mol. The lowest BCUT2D eigenvalue weighted by Gasteiger charge is -2.35. The van der Waals surface area contributed by atoms with Crippen molar-refractivity contribution in [3.8, 4) is 0 Å². The van der Waals surface area contributed by atoms with Crippen molar-refractivity contribution < 1.29 is 13.2 Å². The zero-order valence-electron chi connectivity index (χ0n) is 17.2. The number of nitrogens with zero attached hydrogens (tertiary/aromatic N) is 2. The summed E-state index contributed by atoms with van der Waals surface area (Å²) < 4.78 is 26.9. The fraction of sp³-hybridized carbons (Fsp3) is 0.409. The van der Waals surface area contributed by atoms with Gasteiger partial charge in [0, 0.05) is 31.9 Å². The number of carbonyl (C=O) groups is 1. The second-order valence-electron chi connectivity index (χ2n) is 7.69. The van der Waals surface area contributed by atoms with Crippen molar-refractivity contribution in [2.24, 2.45) is 0 Å². The third-order valence-corrected chi connectivity index (χ3v) is 7.18. The Morgan fingerprint density at radius 2 is 1.48 bits per heavy atom. The molecular weight excluding hydrogens is 386 g/mol. The number of anilines is 1. The Morgan fingerprint density at radius 1 is 0.897 bits per heavy atom. The molecule has 7 heteroatoms. The van der Waals surface area contributed by atoms with E-state index < -0.39 is 10.0 Å². The fourth-order valence-corrected chi connectivity index (χ4v) is 4.88. The van der Waals surface area contributed by atoms with Crippen LogP contribution in [0.1, 0.15) is 32.3 Å². The lowest BCUT2D eigenvalue weighted by molar-refractivity contribution is -0.132. The minimum atomic E-state index is -3.51. The van der Waals surface area contributed by atoms with Crippen LogP contribution in [-0.2, 0) is 14.8 Å². The molecule has 0 aliphatic carbocycles. The van der Waals surface area contributed by atoms with Crippen molar-refractivity contribution in [3.05, 3.63) is 60.2 Å². The normalized spacial score (nSPS) is 16.6. The first-order valence-electron chi connectivity index (χ1n) is 9.99.